The van der Waals surface area contributed by atoms with Crippen molar-refractivity contribution in [2.75, 3.05) is 40.1 Å². The van der Waals surface area contributed by atoms with E-state index in [2.05, 4.69) is 24.5 Å². The van der Waals surface area contributed by atoms with Crippen molar-refractivity contribution in [1.82, 2.24) is 10.6 Å². The van der Waals surface area contributed by atoms with Gasteiger partial charge in [-0.05, 0) is 47.0 Å². The first-order valence-electron chi connectivity index (χ1n) is 27.5. The number of methoxy groups -OCH3 is 1. The molecule has 0 fully saturated rings. The van der Waals surface area contributed by atoms with E-state index in [0.29, 0.717) is 26.0 Å². The predicted octanol–water partition coefficient (Wildman–Crippen LogP) is 14.6. The Kier molecular flexibility index (Phi) is 43.4. The van der Waals surface area contributed by atoms with Crippen LogP contribution in [0.5, 0.6) is 0 Å². The number of unbranched alkanes of at least 4 members (excludes halogenated alkanes) is 29. The summed E-state index contributed by atoms with van der Waals surface area (Å²) in [7, 11) is 1.68. The average molecular weight is 939 g/mol. The lowest BCUT2D eigenvalue weighted by molar-refractivity contribution is -0.152. The lowest BCUT2D eigenvalue weighted by Gasteiger charge is -2.28. The van der Waals surface area contributed by atoms with Crippen LogP contribution in [0.4, 0.5) is 4.79 Å². The highest BCUT2D eigenvalue weighted by Crippen LogP contribution is 2.20. The molecule has 1 unspecified atom stereocenters. The Bertz CT molecular complexity index is 1150. The number of carbonyl (C=O) groups is 4. The van der Waals surface area contributed by atoms with Crippen molar-refractivity contribution in [2.45, 2.75) is 290 Å². The van der Waals surface area contributed by atoms with Crippen LogP contribution in [0.1, 0.15) is 273 Å². The Hall–Kier alpha value is -2.40. The molecular weight excluding hydrogens is 833 g/mol. The standard InChI is InChI=1S/C55H106N2O9/c1-8-10-12-14-16-18-20-22-24-26-28-30-32-34-36-38-44-56-53(61)65-48-49(57-50(58)39-37-35-33-31-29-27-25-23-21-19-17-15-13-11-9-2)47-64-52(60)41-40-51(59)63-45-42-55(5,6)66-46-43-54(3,4)62-7/h49H,8-48H2,1-7H3,(H,56,61)(H,57,58). The summed E-state index contributed by atoms with van der Waals surface area (Å²) in [4.78, 5) is 50.6. The minimum absolute atomic E-state index is 0.128. The second-order valence-electron chi connectivity index (χ2n) is 20.3. The first-order chi connectivity index (χ1) is 31.8. The van der Waals surface area contributed by atoms with Crippen LogP contribution in [0.2, 0.25) is 0 Å². The molecule has 2 amide bonds. The lowest BCUT2D eigenvalue weighted by Crippen LogP contribution is -2.43. The number of nitrogens with one attached hydrogen (secondary N) is 2. The highest BCUT2D eigenvalue weighted by Gasteiger charge is 2.23. The van der Waals surface area contributed by atoms with Gasteiger partial charge in [-0.1, -0.05) is 200 Å². The van der Waals surface area contributed by atoms with Crippen molar-refractivity contribution >= 4 is 23.9 Å². The summed E-state index contributed by atoms with van der Waals surface area (Å²) in [6.45, 7) is 13.3. The van der Waals surface area contributed by atoms with E-state index >= 15 is 0 Å². The fourth-order valence-corrected chi connectivity index (χ4v) is 7.88. The van der Waals surface area contributed by atoms with E-state index in [9.17, 15) is 19.2 Å². The third-order valence-electron chi connectivity index (χ3n) is 12.8. The largest absolute Gasteiger partial charge is 0.466 e. The molecule has 0 aromatic heterocycles. The summed E-state index contributed by atoms with van der Waals surface area (Å²) in [6.07, 6.45) is 40.2. The van der Waals surface area contributed by atoms with Gasteiger partial charge in [-0.15, -0.1) is 0 Å². The number of rotatable bonds is 49. The first kappa shape index (κ1) is 63.6. The van der Waals surface area contributed by atoms with Gasteiger partial charge in [0.05, 0.1) is 43.3 Å². The van der Waals surface area contributed by atoms with Crippen molar-refractivity contribution in [2.24, 2.45) is 0 Å². The molecule has 11 nitrogen and oxygen atoms in total. The van der Waals surface area contributed by atoms with Crippen LogP contribution in [0.15, 0.2) is 0 Å². The number of ether oxygens (including phenoxy) is 5. The third-order valence-corrected chi connectivity index (χ3v) is 12.8. The Morgan fingerprint density at radius 2 is 0.818 bits per heavy atom. The van der Waals surface area contributed by atoms with Crippen LogP contribution in [-0.4, -0.2) is 81.3 Å². The topological polar surface area (TPSA) is 138 Å². The Morgan fingerprint density at radius 3 is 1.26 bits per heavy atom. The van der Waals surface area contributed by atoms with Gasteiger partial charge in [-0.25, -0.2) is 4.79 Å². The summed E-state index contributed by atoms with van der Waals surface area (Å²) in [5.41, 5.74) is -0.764. The van der Waals surface area contributed by atoms with Gasteiger partial charge in [0.2, 0.25) is 5.91 Å². The monoisotopic (exact) mass is 939 g/mol. The van der Waals surface area contributed by atoms with E-state index in [1.807, 2.05) is 27.7 Å². The summed E-state index contributed by atoms with van der Waals surface area (Å²) in [5.74, 6) is -1.26. The van der Waals surface area contributed by atoms with Crippen LogP contribution in [-0.2, 0) is 38.1 Å². The van der Waals surface area contributed by atoms with Gasteiger partial charge in [0.15, 0.2) is 0 Å². The normalized spacial score (nSPS) is 12.2. The number of hydrogen-bond donors (Lipinski definition) is 2. The van der Waals surface area contributed by atoms with Crippen molar-refractivity contribution < 1.29 is 42.9 Å². The van der Waals surface area contributed by atoms with Gasteiger partial charge < -0.3 is 34.3 Å². The van der Waals surface area contributed by atoms with Crippen molar-refractivity contribution in [3.05, 3.63) is 0 Å². The molecule has 11 heteroatoms. The quantitative estimate of drug-likeness (QED) is 0.0347. The van der Waals surface area contributed by atoms with Crippen LogP contribution in [0.25, 0.3) is 0 Å². The molecular formula is C55H106N2O9. The van der Waals surface area contributed by atoms with Gasteiger partial charge in [0, 0.05) is 26.5 Å². The van der Waals surface area contributed by atoms with E-state index in [1.165, 1.54) is 161 Å². The molecule has 2 N–H and O–H groups in total. The summed E-state index contributed by atoms with van der Waals surface area (Å²) >= 11 is 0. The molecule has 0 radical (unpaired) electrons. The van der Waals surface area contributed by atoms with Gasteiger partial charge in [-0.2, -0.15) is 0 Å². The average Bonchev–Trinajstić information content (AvgIpc) is 3.28. The second-order valence-corrected chi connectivity index (χ2v) is 20.3. The fourth-order valence-electron chi connectivity index (χ4n) is 7.88. The van der Waals surface area contributed by atoms with E-state index in [0.717, 1.165) is 44.9 Å². The number of carbonyl (C=O) groups excluding carboxylic acids is 4. The van der Waals surface area contributed by atoms with Crippen molar-refractivity contribution in [3.8, 4) is 0 Å². The summed E-state index contributed by atoms with van der Waals surface area (Å²) in [6, 6.07) is -0.706. The molecule has 390 valence electrons. The predicted molar refractivity (Wildman–Crippen MR) is 272 cm³/mol. The molecule has 0 rings (SSSR count). The van der Waals surface area contributed by atoms with Crippen LogP contribution in [0, 0.1) is 0 Å². The van der Waals surface area contributed by atoms with E-state index in [1.54, 1.807) is 7.11 Å². The first-order valence-corrected chi connectivity index (χ1v) is 27.5. The maximum atomic E-state index is 12.9. The van der Waals surface area contributed by atoms with Crippen LogP contribution >= 0.6 is 0 Å². The molecule has 0 bridgehead atoms. The molecule has 0 aliphatic rings. The van der Waals surface area contributed by atoms with Gasteiger partial charge in [0.25, 0.3) is 0 Å². The van der Waals surface area contributed by atoms with Crippen LogP contribution < -0.4 is 10.6 Å². The van der Waals surface area contributed by atoms with Gasteiger partial charge >= 0.3 is 18.0 Å². The maximum absolute atomic E-state index is 12.9. The van der Waals surface area contributed by atoms with E-state index in [-0.39, 0.29) is 44.2 Å². The van der Waals surface area contributed by atoms with E-state index in [4.69, 9.17) is 23.7 Å². The lowest BCUT2D eigenvalue weighted by atomic mass is 10.0. The van der Waals surface area contributed by atoms with Crippen molar-refractivity contribution in [1.29, 1.82) is 0 Å². The molecule has 0 aromatic carbocycles. The molecule has 0 spiro atoms. The second kappa shape index (κ2) is 45.1. The minimum Gasteiger partial charge on any atom is -0.466 e. The molecule has 1 atom stereocenters. The molecule has 0 saturated heterocycles. The molecule has 0 aliphatic carbocycles. The summed E-state index contributed by atoms with van der Waals surface area (Å²) in [5, 5.41) is 5.72. The molecule has 0 heterocycles. The zero-order valence-corrected chi connectivity index (χ0v) is 44.2. The maximum Gasteiger partial charge on any atom is 0.407 e. The Balaban J connectivity index is 4.53. The number of esters is 2. The molecule has 0 saturated carbocycles. The molecule has 0 aromatic rings. The zero-order valence-electron chi connectivity index (χ0n) is 44.2. The van der Waals surface area contributed by atoms with E-state index < -0.39 is 29.7 Å². The van der Waals surface area contributed by atoms with Gasteiger partial charge in [-0.3, -0.25) is 14.4 Å². The number of hydrogen-bond acceptors (Lipinski definition) is 9. The van der Waals surface area contributed by atoms with Gasteiger partial charge in [0.1, 0.15) is 13.2 Å². The number of alkyl carbamates (subject to hydrolysis) is 1. The SMILES string of the molecule is CCCCCCCCCCCCCCCCCCNC(=O)OCC(COC(=O)CCC(=O)OCCC(C)(C)OCCC(C)(C)OC)NC(=O)CCCCCCCCCCCCCCCCC. The third kappa shape index (κ3) is 45.4. The number of amides is 2. The van der Waals surface area contributed by atoms with Crippen LogP contribution in [0.3, 0.4) is 0 Å². The zero-order chi connectivity index (χ0) is 48.8. The Labute approximate surface area is 406 Å². The smallest absolute Gasteiger partial charge is 0.407 e. The fraction of sp³-hybridized carbons (Fsp3) is 0.927. The Morgan fingerprint density at radius 1 is 0.439 bits per heavy atom. The highest BCUT2D eigenvalue weighted by molar-refractivity contribution is 5.78. The molecule has 0 aliphatic heterocycles. The molecule has 66 heavy (non-hydrogen) atoms. The summed E-state index contributed by atoms with van der Waals surface area (Å²) < 4.78 is 27.7. The minimum atomic E-state index is -0.706. The van der Waals surface area contributed by atoms with Crippen molar-refractivity contribution in [3.63, 3.8) is 0 Å². The highest BCUT2D eigenvalue weighted by atomic mass is 16.6.